The van der Waals surface area contributed by atoms with Gasteiger partial charge in [0.2, 0.25) is 0 Å². The Morgan fingerprint density at radius 2 is 1.78 bits per heavy atom. The van der Waals surface area contributed by atoms with Crippen LogP contribution in [-0.2, 0) is 19.3 Å². The molecule has 0 bridgehead atoms. The molecule has 0 aliphatic rings. The van der Waals surface area contributed by atoms with Gasteiger partial charge in [0.25, 0.3) is 0 Å². The molecule has 0 spiro atoms. The van der Waals surface area contributed by atoms with Crippen molar-refractivity contribution < 1.29 is 0 Å². The van der Waals surface area contributed by atoms with Gasteiger partial charge in [0.05, 0.1) is 0 Å². The van der Waals surface area contributed by atoms with E-state index in [4.69, 9.17) is 0 Å². The molecule has 0 amide bonds. The number of hydrogen-bond donors (Lipinski definition) is 1. The van der Waals surface area contributed by atoms with E-state index >= 15 is 0 Å². The molecule has 1 aromatic rings. The molecule has 1 unspecified atom stereocenters. The Morgan fingerprint density at radius 3 is 2.39 bits per heavy atom. The summed E-state index contributed by atoms with van der Waals surface area (Å²) in [5, 5.41) is 3.23. The molecule has 0 saturated heterocycles. The van der Waals surface area contributed by atoms with E-state index in [9.17, 15) is 0 Å². The van der Waals surface area contributed by atoms with Crippen LogP contribution in [0.25, 0.3) is 0 Å². The third kappa shape index (κ3) is 4.81. The van der Waals surface area contributed by atoms with Crippen LogP contribution in [0.15, 0.2) is 18.2 Å². The van der Waals surface area contributed by atoms with Gasteiger partial charge in [-0.2, -0.15) is 0 Å². The lowest BCUT2D eigenvalue weighted by atomic mass is 9.94. The van der Waals surface area contributed by atoms with Crippen LogP contribution in [0.5, 0.6) is 0 Å². The molecule has 1 atom stereocenters. The SMILES string of the molecule is CCc1ccc(CCC(C)CCNC)cc1CC. The van der Waals surface area contributed by atoms with Crippen LogP contribution in [0.4, 0.5) is 0 Å². The Kier molecular flexibility index (Phi) is 7.04. The number of benzene rings is 1. The first-order valence-electron chi connectivity index (χ1n) is 7.46. The van der Waals surface area contributed by atoms with E-state index in [1.165, 1.54) is 36.0 Å². The summed E-state index contributed by atoms with van der Waals surface area (Å²) in [6.07, 6.45) is 6.12. The fourth-order valence-corrected chi connectivity index (χ4v) is 2.46. The van der Waals surface area contributed by atoms with Gasteiger partial charge >= 0.3 is 0 Å². The average molecular weight is 247 g/mol. The number of hydrogen-bond acceptors (Lipinski definition) is 1. The van der Waals surface area contributed by atoms with Crippen LogP contribution in [0.2, 0.25) is 0 Å². The zero-order valence-corrected chi connectivity index (χ0v) is 12.6. The van der Waals surface area contributed by atoms with Crippen molar-refractivity contribution in [2.45, 2.75) is 52.9 Å². The molecule has 0 aliphatic heterocycles. The van der Waals surface area contributed by atoms with E-state index in [2.05, 4.69) is 44.3 Å². The minimum absolute atomic E-state index is 0.813. The molecule has 0 aromatic heterocycles. The predicted octanol–water partition coefficient (Wildman–Crippen LogP) is 3.99. The Bertz CT molecular complexity index is 343. The summed E-state index contributed by atoms with van der Waals surface area (Å²) in [7, 11) is 2.03. The number of aryl methyl sites for hydroxylation is 3. The molecule has 1 heteroatoms. The highest BCUT2D eigenvalue weighted by Gasteiger charge is 2.04. The van der Waals surface area contributed by atoms with E-state index in [1.807, 2.05) is 7.05 Å². The Hall–Kier alpha value is -0.820. The Balaban J connectivity index is 2.52. The fraction of sp³-hybridized carbons (Fsp3) is 0.647. The van der Waals surface area contributed by atoms with Crippen LogP contribution in [-0.4, -0.2) is 13.6 Å². The molecule has 1 rings (SSSR count). The number of rotatable bonds is 8. The molecule has 0 fully saturated rings. The van der Waals surface area contributed by atoms with E-state index in [1.54, 1.807) is 0 Å². The van der Waals surface area contributed by atoms with E-state index in [-0.39, 0.29) is 0 Å². The Labute approximate surface area is 113 Å². The standard InChI is InChI=1S/C17H29N/c1-5-16-10-9-15(13-17(16)6-2)8-7-14(3)11-12-18-4/h9-10,13-14,18H,5-8,11-12H2,1-4H3. The zero-order valence-electron chi connectivity index (χ0n) is 12.6. The molecule has 1 N–H and O–H groups in total. The van der Waals surface area contributed by atoms with Crippen LogP contribution in [0.1, 0.15) is 50.3 Å². The average Bonchev–Trinajstić information content (AvgIpc) is 2.42. The first-order valence-corrected chi connectivity index (χ1v) is 7.46. The topological polar surface area (TPSA) is 12.0 Å². The summed E-state index contributed by atoms with van der Waals surface area (Å²) in [6, 6.07) is 7.07. The van der Waals surface area contributed by atoms with Crippen LogP contribution in [0.3, 0.4) is 0 Å². The highest BCUT2D eigenvalue weighted by atomic mass is 14.8. The van der Waals surface area contributed by atoms with Gasteiger partial charge in [-0.15, -0.1) is 0 Å². The zero-order chi connectivity index (χ0) is 13.4. The van der Waals surface area contributed by atoms with E-state index in [0.29, 0.717) is 0 Å². The normalized spacial score (nSPS) is 12.7. The van der Waals surface area contributed by atoms with Gasteiger partial charge in [-0.3, -0.25) is 0 Å². The van der Waals surface area contributed by atoms with Gasteiger partial charge < -0.3 is 5.32 Å². The van der Waals surface area contributed by atoms with Crippen LogP contribution < -0.4 is 5.32 Å². The maximum absolute atomic E-state index is 3.23. The first kappa shape index (κ1) is 15.2. The molecule has 0 radical (unpaired) electrons. The van der Waals surface area contributed by atoms with Crippen molar-refractivity contribution in [3.63, 3.8) is 0 Å². The van der Waals surface area contributed by atoms with Crippen molar-refractivity contribution in [3.8, 4) is 0 Å². The van der Waals surface area contributed by atoms with E-state index in [0.717, 1.165) is 25.3 Å². The molecule has 0 heterocycles. The van der Waals surface area contributed by atoms with E-state index < -0.39 is 0 Å². The quantitative estimate of drug-likeness (QED) is 0.732. The Morgan fingerprint density at radius 1 is 1.06 bits per heavy atom. The summed E-state index contributed by atoms with van der Waals surface area (Å²) in [6.45, 7) is 8.00. The minimum atomic E-state index is 0.813. The summed E-state index contributed by atoms with van der Waals surface area (Å²) in [5.74, 6) is 0.813. The van der Waals surface area contributed by atoms with Crippen LogP contribution >= 0.6 is 0 Å². The molecule has 18 heavy (non-hydrogen) atoms. The third-order valence-electron chi connectivity index (χ3n) is 3.85. The third-order valence-corrected chi connectivity index (χ3v) is 3.85. The van der Waals surface area contributed by atoms with Crippen molar-refractivity contribution in [3.05, 3.63) is 34.9 Å². The molecule has 1 nitrogen and oxygen atoms in total. The van der Waals surface area contributed by atoms with Gasteiger partial charge in [-0.1, -0.05) is 39.0 Å². The molecule has 0 aliphatic carbocycles. The van der Waals surface area contributed by atoms with Crippen molar-refractivity contribution >= 4 is 0 Å². The second kappa shape index (κ2) is 8.31. The largest absolute Gasteiger partial charge is 0.320 e. The van der Waals surface area contributed by atoms with Crippen LogP contribution in [0, 0.1) is 5.92 Å². The summed E-state index contributed by atoms with van der Waals surface area (Å²) in [4.78, 5) is 0. The monoisotopic (exact) mass is 247 g/mol. The summed E-state index contributed by atoms with van der Waals surface area (Å²) in [5.41, 5.74) is 4.57. The second-order valence-corrected chi connectivity index (χ2v) is 5.35. The van der Waals surface area contributed by atoms with Gasteiger partial charge in [0.1, 0.15) is 0 Å². The molecular formula is C17H29N. The number of nitrogens with one attached hydrogen (secondary N) is 1. The molecular weight excluding hydrogens is 218 g/mol. The first-order chi connectivity index (χ1) is 8.71. The van der Waals surface area contributed by atoms with Gasteiger partial charge in [0.15, 0.2) is 0 Å². The van der Waals surface area contributed by atoms with Gasteiger partial charge in [-0.25, -0.2) is 0 Å². The maximum atomic E-state index is 3.23. The summed E-state index contributed by atoms with van der Waals surface area (Å²) >= 11 is 0. The fourth-order valence-electron chi connectivity index (χ4n) is 2.46. The highest BCUT2D eigenvalue weighted by Crippen LogP contribution is 2.17. The molecule has 1 aromatic carbocycles. The van der Waals surface area contributed by atoms with Crippen molar-refractivity contribution in [1.82, 2.24) is 5.32 Å². The van der Waals surface area contributed by atoms with Gasteiger partial charge in [0, 0.05) is 0 Å². The van der Waals surface area contributed by atoms with Crippen molar-refractivity contribution in [1.29, 1.82) is 0 Å². The predicted molar refractivity (Wildman–Crippen MR) is 81.2 cm³/mol. The van der Waals surface area contributed by atoms with Gasteiger partial charge in [-0.05, 0) is 68.3 Å². The maximum Gasteiger partial charge on any atom is -0.00494 e. The smallest absolute Gasteiger partial charge is 0.00494 e. The van der Waals surface area contributed by atoms with Crippen molar-refractivity contribution in [2.75, 3.05) is 13.6 Å². The van der Waals surface area contributed by atoms with Crippen molar-refractivity contribution in [2.24, 2.45) is 5.92 Å². The lowest BCUT2D eigenvalue weighted by molar-refractivity contribution is 0.482. The molecule has 102 valence electrons. The highest BCUT2D eigenvalue weighted by molar-refractivity contribution is 5.32. The lowest BCUT2D eigenvalue weighted by Gasteiger charge is -2.12. The minimum Gasteiger partial charge on any atom is -0.320 e. The second-order valence-electron chi connectivity index (χ2n) is 5.35. The summed E-state index contributed by atoms with van der Waals surface area (Å²) < 4.78 is 0. The lowest BCUT2D eigenvalue weighted by Crippen LogP contribution is -2.12. The molecule has 0 saturated carbocycles.